The molecule has 0 aromatic carbocycles. The number of nitrogens with two attached hydrogens (primary N) is 1. The molecular weight excluding hydrogens is 194 g/mol. The van der Waals surface area contributed by atoms with Gasteiger partial charge in [-0.3, -0.25) is 0 Å². The maximum absolute atomic E-state index is 5.57. The molecule has 1 rings (SSSR count). The number of terminal acetylenes is 1. The van der Waals surface area contributed by atoms with Crippen LogP contribution >= 0.6 is 0 Å². The Morgan fingerprint density at radius 3 is 3.00 bits per heavy atom. The van der Waals surface area contributed by atoms with E-state index in [1.54, 1.807) is 13.2 Å². The van der Waals surface area contributed by atoms with Crippen molar-refractivity contribution in [3.63, 3.8) is 0 Å². The van der Waals surface area contributed by atoms with Crippen molar-refractivity contribution >= 4 is 5.82 Å². The molecule has 0 atom stereocenters. The highest BCUT2D eigenvalue weighted by Crippen LogP contribution is 2.11. The van der Waals surface area contributed by atoms with Crippen LogP contribution in [-0.2, 0) is 11.3 Å². The maximum Gasteiger partial charge on any atom is 0.218 e. The first kappa shape index (κ1) is 11.3. The van der Waals surface area contributed by atoms with Crippen LogP contribution in [0.5, 0.6) is 5.88 Å². The van der Waals surface area contributed by atoms with E-state index in [4.69, 9.17) is 21.6 Å². The summed E-state index contributed by atoms with van der Waals surface area (Å²) in [5.41, 5.74) is 5.57. The summed E-state index contributed by atoms with van der Waals surface area (Å²) >= 11 is 0. The number of anilines is 1. The Balaban J connectivity index is 2.67. The first-order chi connectivity index (χ1) is 7.26. The predicted octanol–water partition coefficient (Wildman–Crippen LogP) is 0.607. The molecule has 0 aliphatic carbocycles. The molecule has 1 heterocycles. The molecule has 5 heteroatoms. The van der Waals surface area contributed by atoms with Gasteiger partial charge in [-0.25, -0.2) is 4.98 Å². The van der Waals surface area contributed by atoms with Gasteiger partial charge in [-0.2, -0.15) is 4.98 Å². The minimum atomic E-state index is 0.302. The summed E-state index contributed by atoms with van der Waals surface area (Å²) in [6.07, 6.45) is 5.62. The summed E-state index contributed by atoms with van der Waals surface area (Å²) in [4.78, 5) is 8.06. The molecule has 0 aliphatic rings. The fraction of sp³-hybridized carbons (Fsp3) is 0.400. The smallest absolute Gasteiger partial charge is 0.218 e. The van der Waals surface area contributed by atoms with E-state index in [0.717, 1.165) is 0 Å². The van der Waals surface area contributed by atoms with E-state index in [1.165, 1.54) is 0 Å². The van der Waals surface area contributed by atoms with Crippen LogP contribution in [0, 0.1) is 12.3 Å². The van der Waals surface area contributed by atoms with Crippen LogP contribution in [0.4, 0.5) is 5.82 Å². The minimum Gasteiger partial charge on any atom is -0.477 e. The van der Waals surface area contributed by atoms with Gasteiger partial charge >= 0.3 is 0 Å². The number of nitrogens with zero attached hydrogens (tertiary/aromatic N) is 2. The lowest BCUT2D eigenvalue weighted by molar-refractivity contribution is 0.176. The largest absolute Gasteiger partial charge is 0.477 e. The van der Waals surface area contributed by atoms with Gasteiger partial charge in [0, 0.05) is 19.6 Å². The van der Waals surface area contributed by atoms with Gasteiger partial charge < -0.3 is 15.2 Å². The fourth-order valence-corrected chi connectivity index (χ4v) is 0.974. The molecule has 0 saturated heterocycles. The SMILES string of the molecule is C#CCCOc1cc(N)nc(COC)n1. The molecule has 0 amide bonds. The lowest BCUT2D eigenvalue weighted by Crippen LogP contribution is -2.05. The minimum absolute atomic E-state index is 0.302. The van der Waals surface area contributed by atoms with Gasteiger partial charge in [0.05, 0.1) is 0 Å². The highest BCUT2D eigenvalue weighted by atomic mass is 16.5. The zero-order valence-electron chi connectivity index (χ0n) is 8.56. The molecular formula is C10H13N3O2. The first-order valence-electron chi connectivity index (χ1n) is 4.45. The van der Waals surface area contributed by atoms with Crippen molar-refractivity contribution < 1.29 is 9.47 Å². The Bertz CT molecular complexity index is 360. The Morgan fingerprint density at radius 2 is 2.33 bits per heavy atom. The average molecular weight is 207 g/mol. The van der Waals surface area contributed by atoms with Crippen LogP contribution in [0.15, 0.2) is 6.07 Å². The number of ether oxygens (including phenoxy) is 2. The summed E-state index contributed by atoms with van der Waals surface area (Å²) in [6, 6.07) is 1.55. The highest BCUT2D eigenvalue weighted by Gasteiger charge is 2.02. The molecule has 0 aliphatic heterocycles. The van der Waals surface area contributed by atoms with E-state index < -0.39 is 0 Å². The summed E-state index contributed by atoms with van der Waals surface area (Å²) in [5, 5.41) is 0. The van der Waals surface area contributed by atoms with Gasteiger partial charge in [0.25, 0.3) is 0 Å². The standard InChI is InChI=1S/C10H13N3O2/c1-3-4-5-15-10-6-8(11)12-9(13-10)7-14-2/h1,6H,4-5,7H2,2H3,(H2,11,12,13). The molecule has 15 heavy (non-hydrogen) atoms. The van der Waals surface area contributed by atoms with E-state index in [-0.39, 0.29) is 0 Å². The first-order valence-corrected chi connectivity index (χ1v) is 4.45. The Morgan fingerprint density at radius 1 is 1.53 bits per heavy atom. The number of aromatic nitrogens is 2. The molecule has 1 aromatic rings. The van der Waals surface area contributed by atoms with E-state index in [2.05, 4.69) is 15.9 Å². The van der Waals surface area contributed by atoms with Crippen molar-refractivity contribution in [3.05, 3.63) is 11.9 Å². The van der Waals surface area contributed by atoms with Crippen LogP contribution in [0.3, 0.4) is 0 Å². The van der Waals surface area contributed by atoms with Gasteiger partial charge in [-0.05, 0) is 0 Å². The van der Waals surface area contributed by atoms with E-state index in [0.29, 0.717) is 37.2 Å². The zero-order chi connectivity index (χ0) is 11.1. The topological polar surface area (TPSA) is 70.3 Å². The molecule has 5 nitrogen and oxygen atoms in total. The summed E-state index contributed by atoms with van der Waals surface area (Å²) < 4.78 is 10.2. The van der Waals surface area contributed by atoms with Crippen LogP contribution in [-0.4, -0.2) is 23.7 Å². The molecule has 0 saturated carbocycles. The predicted molar refractivity (Wildman–Crippen MR) is 56.1 cm³/mol. The quantitative estimate of drug-likeness (QED) is 0.565. The van der Waals surface area contributed by atoms with E-state index in [9.17, 15) is 0 Å². The van der Waals surface area contributed by atoms with Gasteiger partial charge in [-0.1, -0.05) is 0 Å². The van der Waals surface area contributed by atoms with Gasteiger partial charge in [-0.15, -0.1) is 12.3 Å². The van der Waals surface area contributed by atoms with Crippen LogP contribution in [0.25, 0.3) is 0 Å². The van der Waals surface area contributed by atoms with Crippen molar-refractivity contribution in [1.82, 2.24) is 9.97 Å². The second-order valence-electron chi connectivity index (χ2n) is 2.78. The molecule has 0 bridgehead atoms. The third kappa shape index (κ3) is 3.83. The number of hydrogen-bond donors (Lipinski definition) is 1. The Hall–Kier alpha value is -1.80. The summed E-state index contributed by atoms with van der Waals surface area (Å²) in [5.74, 6) is 3.74. The van der Waals surface area contributed by atoms with Crippen molar-refractivity contribution in [3.8, 4) is 18.2 Å². The number of methoxy groups -OCH3 is 1. The monoisotopic (exact) mass is 207 g/mol. The van der Waals surface area contributed by atoms with Crippen LogP contribution < -0.4 is 10.5 Å². The molecule has 2 N–H and O–H groups in total. The van der Waals surface area contributed by atoms with Gasteiger partial charge in [0.1, 0.15) is 19.0 Å². The number of hydrogen-bond acceptors (Lipinski definition) is 5. The lowest BCUT2D eigenvalue weighted by Gasteiger charge is -2.05. The normalized spacial score (nSPS) is 9.60. The summed E-state index contributed by atoms with van der Waals surface area (Å²) in [6.45, 7) is 0.718. The third-order valence-electron chi connectivity index (χ3n) is 1.54. The molecule has 0 unspecified atom stereocenters. The molecule has 80 valence electrons. The van der Waals surface area contributed by atoms with Gasteiger partial charge in [0.2, 0.25) is 5.88 Å². The zero-order valence-corrected chi connectivity index (χ0v) is 8.56. The molecule has 0 radical (unpaired) electrons. The molecule has 0 fully saturated rings. The summed E-state index contributed by atoms with van der Waals surface area (Å²) in [7, 11) is 1.56. The highest BCUT2D eigenvalue weighted by molar-refractivity contribution is 5.32. The second-order valence-corrected chi connectivity index (χ2v) is 2.78. The van der Waals surface area contributed by atoms with Crippen molar-refractivity contribution in [2.45, 2.75) is 13.0 Å². The number of nitrogen functional groups attached to an aromatic ring is 1. The Labute approximate surface area is 88.6 Å². The lowest BCUT2D eigenvalue weighted by atomic mass is 10.5. The number of rotatable bonds is 5. The van der Waals surface area contributed by atoms with E-state index in [1.807, 2.05) is 0 Å². The average Bonchev–Trinajstić information content (AvgIpc) is 2.18. The van der Waals surface area contributed by atoms with Crippen molar-refractivity contribution in [2.24, 2.45) is 0 Å². The Kier molecular flexibility index (Phi) is 4.38. The van der Waals surface area contributed by atoms with Crippen molar-refractivity contribution in [1.29, 1.82) is 0 Å². The van der Waals surface area contributed by atoms with E-state index >= 15 is 0 Å². The molecule has 0 spiro atoms. The third-order valence-corrected chi connectivity index (χ3v) is 1.54. The van der Waals surface area contributed by atoms with Gasteiger partial charge in [0.15, 0.2) is 5.82 Å². The molecule has 1 aromatic heterocycles. The van der Waals surface area contributed by atoms with Crippen LogP contribution in [0.2, 0.25) is 0 Å². The second kappa shape index (κ2) is 5.83. The maximum atomic E-state index is 5.57. The van der Waals surface area contributed by atoms with Crippen molar-refractivity contribution in [2.75, 3.05) is 19.5 Å². The fourth-order valence-electron chi connectivity index (χ4n) is 0.974. The van der Waals surface area contributed by atoms with Crippen LogP contribution in [0.1, 0.15) is 12.2 Å².